The van der Waals surface area contributed by atoms with Crippen LogP contribution in [0.2, 0.25) is 5.02 Å². The first-order valence-corrected chi connectivity index (χ1v) is 7.43. The molecule has 22 heavy (non-hydrogen) atoms. The molecule has 0 atom stereocenters. The summed E-state index contributed by atoms with van der Waals surface area (Å²) in [5.41, 5.74) is 0.804. The lowest BCUT2D eigenvalue weighted by atomic mass is 10.3. The second-order valence-corrected chi connectivity index (χ2v) is 5.39. The van der Waals surface area contributed by atoms with E-state index in [0.717, 1.165) is 11.4 Å². The molecular formula is C17H19ClN2O2. The maximum Gasteiger partial charge on any atom is 0.238 e. The third kappa shape index (κ3) is 5.76. The summed E-state index contributed by atoms with van der Waals surface area (Å²) >= 11 is 5.81. The fourth-order valence-corrected chi connectivity index (χ4v) is 2.02. The monoisotopic (exact) mass is 318 g/mol. The average molecular weight is 319 g/mol. The van der Waals surface area contributed by atoms with Gasteiger partial charge in [0.05, 0.1) is 6.54 Å². The van der Waals surface area contributed by atoms with E-state index in [-0.39, 0.29) is 5.91 Å². The smallest absolute Gasteiger partial charge is 0.238 e. The molecule has 0 saturated heterocycles. The van der Waals surface area contributed by atoms with E-state index >= 15 is 0 Å². The SMILES string of the molecule is CN(CCOc1ccc(Cl)cc1)CC(=O)Nc1ccccc1. The maximum atomic E-state index is 11.9. The summed E-state index contributed by atoms with van der Waals surface area (Å²) in [6, 6.07) is 16.6. The van der Waals surface area contributed by atoms with Crippen molar-refractivity contribution >= 4 is 23.2 Å². The van der Waals surface area contributed by atoms with Crippen molar-refractivity contribution in [1.82, 2.24) is 4.90 Å². The van der Waals surface area contributed by atoms with Crippen LogP contribution in [0.5, 0.6) is 5.75 Å². The number of para-hydroxylation sites is 1. The number of nitrogens with zero attached hydrogens (tertiary/aromatic N) is 1. The third-order valence-corrected chi connectivity index (χ3v) is 3.28. The second-order valence-electron chi connectivity index (χ2n) is 4.95. The molecular weight excluding hydrogens is 300 g/mol. The highest BCUT2D eigenvalue weighted by Crippen LogP contribution is 2.15. The van der Waals surface area contributed by atoms with Gasteiger partial charge in [-0.25, -0.2) is 0 Å². The van der Waals surface area contributed by atoms with Gasteiger partial charge in [0.1, 0.15) is 12.4 Å². The Kier molecular flexibility index (Phi) is 6.25. The number of ether oxygens (including phenoxy) is 1. The zero-order valence-corrected chi connectivity index (χ0v) is 13.2. The highest BCUT2D eigenvalue weighted by Gasteiger charge is 2.07. The van der Waals surface area contributed by atoms with Gasteiger partial charge in [-0.3, -0.25) is 9.69 Å². The normalized spacial score (nSPS) is 10.5. The van der Waals surface area contributed by atoms with Crippen molar-refractivity contribution in [1.29, 1.82) is 0 Å². The molecule has 0 heterocycles. The van der Waals surface area contributed by atoms with Crippen molar-refractivity contribution in [2.45, 2.75) is 0 Å². The molecule has 2 rings (SSSR count). The number of anilines is 1. The molecule has 0 radical (unpaired) electrons. The number of benzene rings is 2. The number of amides is 1. The second kappa shape index (κ2) is 8.41. The lowest BCUT2D eigenvalue weighted by Crippen LogP contribution is -2.33. The maximum absolute atomic E-state index is 11.9. The number of likely N-dealkylation sites (N-methyl/N-ethyl adjacent to an activating group) is 1. The van der Waals surface area contributed by atoms with Crippen LogP contribution in [0.15, 0.2) is 54.6 Å². The number of carbonyl (C=O) groups excluding carboxylic acids is 1. The summed E-state index contributed by atoms with van der Waals surface area (Å²) in [6.45, 7) is 1.49. The van der Waals surface area contributed by atoms with Gasteiger partial charge in [-0.15, -0.1) is 0 Å². The number of carbonyl (C=O) groups is 1. The zero-order valence-electron chi connectivity index (χ0n) is 12.5. The zero-order chi connectivity index (χ0) is 15.8. The molecule has 0 spiro atoms. The first-order valence-electron chi connectivity index (χ1n) is 7.05. The Morgan fingerprint density at radius 1 is 1.14 bits per heavy atom. The summed E-state index contributed by atoms with van der Waals surface area (Å²) in [4.78, 5) is 13.8. The average Bonchev–Trinajstić information content (AvgIpc) is 2.50. The van der Waals surface area contributed by atoms with Crippen molar-refractivity contribution in [2.75, 3.05) is 32.1 Å². The van der Waals surface area contributed by atoms with Crippen LogP contribution < -0.4 is 10.1 Å². The lowest BCUT2D eigenvalue weighted by Gasteiger charge is -2.16. The first-order chi connectivity index (χ1) is 10.6. The Hall–Kier alpha value is -2.04. The molecule has 0 unspecified atom stereocenters. The fraction of sp³-hybridized carbons (Fsp3) is 0.235. The van der Waals surface area contributed by atoms with Gasteiger partial charge in [-0.05, 0) is 43.4 Å². The number of halogens is 1. The molecule has 0 aliphatic rings. The van der Waals surface area contributed by atoms with Crippen molar-refractivity contribution in [3.8, 4) is 5.75 Å². The summed E-state index contributed by atoms with van der Waals surface area (Å²) < 4.78 is 5.60. The van der Waals surface area contributed by atoms with Gasteiger partial charge >= 0.3 is 0 Å². The Bertz CT molecular complexity index is 587. The Morgan fingerprint density at radius 2 is 1.82 bits per heavy atom. The van der Waals surface area contributed by atoms with Crippen LogP contribution >= 0.6 is 11.6 Å². The van der Waals surface area contributed by atoms with Gasteiger partial charge in [0.2, 0.25) is 5.91 Å². The van der Waals surface area contributed by atoms with Gasteiger partial charge in [-0.1, -0.05) is 29.8 Å². The molecule has 0 fully saturated rings. The number of rotatable bonds is 7. The van der Waals surface area contributed by atoms with Crippen LogP contribution in [0.1, 0.15) is 0 Å². The molecule has 0 aromatic heterocycles. The third-order valence-electron chi connectivity index (χ3n) is 3.03. The molecule has 1 N–H and O–H groups in total. The molecule has 2 aromatic carbocycles. The van der Waals surface area contributed by atoms with Gasteiger partial charge in [0.25, 0.3) is 0 Å². The van der Waals surface area contributed by atoms with E-state index in [9.17, 15) is 4.79 Å². The Morgan fingerprint density at radius 3 is 2.50 bits per heavy atom. The van der Waals surface area contributed by atoms with Crippen LogP contribution in [0.4, 0.5) is 5.69 Å². The molecule has 0 bridgehead atoms. The van der Waals surface area contributed by atoms with E-state index in [0.29, 0.717) is 24.7 Å². The predicted molar refractivity (Wildman–Crippen MR) is 89.5 cm³/mol. The first kappa shape index (κ1) is 16.3. The van der Waals surface area contributed by atoms with Gasteiger partial charge < -0.3 is 10.1 Å². The fourth-order valence-electron chi connectivity index (χ4n) is 1.90. The van der Waals surface area contributed by atoms with E-state index in [1.807, 2.05) is 54.4 Å². The number of hydrogen-bond acceptors (Lipinski definition) is 3. The van der Waals surface area contributed by atoms with Crippen molar-refractivity contribution in [2.24, 2.45) is 0 Å². The van der Waals surface area contributed by atoms with E-state index in [1.165, 1.54) is 0 Å². The molecule has 0 aliphatic heterocycles. The predicted octanol–water partition coefficient (Wildman–Crippen LogP) is 3.29. The van der Waals surface area contributed by atoms with Crippen LogP contribution in [0.3, 0.4) is 0 Å². The standard InChI is InChI=1S/C17H19ClN2O2/c1-20(11-12-22-16-9-7-14(18)8-10-16)13-17(21)19-15-5-3-2-4-6-15/h2-10H,11-13H2,1H3,(H,19,21). The Labute approximate surface area is 135 Å². The van der Waals surface area contributed by atoms with E-state index in [2.05, 4.69) is 5.32 Å². The summed E-state index contributed by atoms with van der Waals surface area (Å²) in [5.74, 6) is 0.728. The van der Waals surface area contributed by atoms with Gasteiger partial charge in [0.15, 0.2) is 0 Å². The molecule has 2 aromatic rings. The molecule has 4 nitrogen and oxygen atoms in total. The topological polar surface area (TPSA) is 41.6 Å². The van der Waals surface area contributed by atoms with E-state index < -0.39 is 0 Å². The van der Waals surface area contributed by atoms with Gasteiger partial charge in [-0.2, -0.15) is 0 Å². The van der Waals surface area contributed by atoms with Crippen LogP contribution in [0.25, 0.3) is 0 Å². The van der Waals surface area contributed by atoms with Crippen molar-refractivity contribution < 1.29 is 9.53 Å². The summed E-state index contributed by atoms with van der Waals surface area (Å²) in [6.07, 6.45) is 0. The molecule has 5 heteroatoms. The summed E-state index contributed by atoms with van der Waals surface area (Å²) in [5, 5.41) is 3.53. The molecule has 0 aliphatic carbocycles. The van der Waals surface area contributed by atoms with E-state index in [4.69, 9.17) is 16.3 Å². The molecule has 1 amide bonds. The summed E-state index contributed by atoms with van der Waals surface area (Å²) in [7, 11) is 1.88. The van der Waals surface area contributed by atoms with Crippen LogP contribution in [-0.2, 0) is 4.79 Å². The largest absolute Gasteiger partial charge is 0.492 e. The van der Waals surface area contributed by atoms with Crippen molar-refractivity contribution in [3.63, 3.8) is 0 Å². The minimum Gasteiger partial charge on any atom is -0.492 e. The molecule has 116 valence electrons. The van der Waals surface area contributed by atoms with Crippen LogP contribution in [-0.4, -0.2) is 37.6 Å². The lowest BCUT2D eigenvalue weighted by molar-refractivity contribution is -0.117. The number of nitrogens with one attached hydrogen (secondary N) is 1. The quantitative estimate of drug-likeness (QED) is 0.851. The highest BCUT2D eigenvalue weighted by atomic mass is 35.5. The van der Waals surface area contributed by atoms with Crippen molar-refractivity contribution in [3.05, 3.63) is 59.6 Å². The minimum absolute atomic E-state index is 0.0415. The molecule has 0 saturated carbocycles. The van der Waals surface area contributed by atoms with Crippen LogP contribution in [0, 0.1) is 0 Å². The minimum atomic E-state index is -0.0415. The number of hydrogen-bond donors (Lipinski definition) is 1. The highest BCUT2D eigenvalue weighted by molar-refractivity contribution is 6.30. The Balaban J connectivity index is 1.68. The van der Waals surface area contributed by atoms with E-state index in [1.54, 1.807) is 12.1 Å². The van der Waals surface area contributed by atoms with Gasteiger partial charge in [0, 0.05) is 17.3 Å².